The third kappa shape index (κ3) is 4.16. The van der Waals surface area contributed by atoms with Gasteiger partial charge in [-0.15, -0.1) is 0 Å². The van der Waals surface area contributed by atoms with Crippen LogP contribution in [0.3, 0.4) is 0 Å². The molecular formula is C14H29N3O2S. The third-order valence-corrected chi connectivity index (χ3v) is 6.32. The van der Waals surface area contributed by atoms with Crippen LogP contribution in [-0.4, -0.2) is 38.4 Å². The molecule has 0 aromatic rings. The van der Waals surface area contributed by atoms with E-state index in [1.54, 1.807) is 4.31 Å². The number of rotatable bonds is 4. The minimum absolute atomic E-state index is 0.0852. The number of nitrogens with one attached hydrogen (secondary N) is 1. The van der Waals surface area contributed by atoms with Crippen molar-refractivity contribution < 1.29 is 8.42 Å². The van der Waals surface area contributed by atoms with Crippen molar-refractivity contribution in [3.05, 3.63) is 0 Å². The van der Waals surface area contributed by atoms with Crippen LogP contribution in [0.25, 0.3) is 0 Å². The summed E-state index contributed by atoms with van der Waals surface area (Å²) in [6.45, 7) is 6.21. The van der Waals surface area contributed by atoms with Gasteiger partial charge < -0.3 is 5.73 Å². The van der Waals surface area contributed by atoms with E-state index >= 15 is 0 Å². The minimum Gasteiger partial charge on any atom is -0.330 e. The fraction of sp³-hybridized carbons (Fsp3) is 1.00. The summed E-state index contributed by atoms with van der Waals surface area (Å²) in [6, 6.07) is 0.0852. The third-order valence-electron chi connectivity index (χ3n) is 4.68. The Morgan fingerprint density at radius 2 is 2.05 bits per heavy atom. The lowest BCUT2D eigenvalue weighted by Crippen LogP contribution is -2.51. The predicted octanol–water partition coefficient (Wildman–Crippen LogP) is 1.46. The Morgan fingerprint density at radius 1 is 1.30 bits per heavy atom. The summed E-state index contributed by atoms with van der Waals surface area (Å²) in [5.41, 5.74) is 5.93. The highest BCUT2D eigenvalue weighted by Gasteiger charge is 2.34. The number of nitrogens with zero attached hydrogens (tertiary/aromatic N) is 1. The molecule has 0 radical (unpaired) electrons. The molecule has 2 atom stereocenters. The maximum Gasteiger partial charge on any atom is 0.279 e. The van der Waals surface area contributed by atoms with Gasteiger partial charge in [-0.25, -0.2) is 0 Å². The zero-order chi connectivity index (χ0) is 14.8. The molecule has 0 aromatic carbocycles. The lowest BCUT2D eigenvalue weighted by Gasteiger charge is -2.37. The van der Waals surface area contributed by atoms with Crippen LogP contribution >= 0.6 is 0 Å². The molecule has 1 heterocycles. The van der Waals surface area contributed by atoms with E-state index in [9.17, 15) is 8.42 Å². The van der Waals surface area contributed by atoms with E-state index in [1.165, 1.54) is 6.42 Å². The van der Waals surface area contributed by atoms with E-state index in [4.69, 9.17) is 5.73 Å². The molecule has 2 aliphatic rings. The summed E-state index contributed by atoms with van der Waals surface area (Å²) in [6.07, 6.45) is 6.13. The summed E-state index contributed by atoms with van der Waals surface area (Å²) in [5.74, 6) is 0.308. The smallest absolute Gasteiger partial charge is 0.279 e. The normalized spacial score (nSPS) is 32.1. The van der Waals surface area contributed by atoms with Gasteiger partial charge in [0.15, 0.2) is 0 Å². The SMILES string of the molecule is CC1(C)CCCC(NS(=O)(=O)N2CCCC(CN)C2)C1. The molecule has 2 fully saturated rings. The Labute approximate surface area is 123 Å². The van der Waals surface area contributed by atoms with Gasteiger partial charge in [0.1, 0.15) is 0 Å². The molecule has 3 N–H and O–H groups in total. The first-order valence-electron chi connectivity index (χ1n) is 7.80. The van der Waals surface area contributed by atoms with Crippen LogP contribution in [0.4, 0.5) is 0 Å². The van der Waals surface area contributed by atoms with E-state index < -0.39 is 10.2 Å². The maximum absolute atomic E-state index is 12.5. The van der Waals surface area contributed by atoms with Crippen LogP contribution < -0.4 is 10.5 Å². The lowest BCUT2D eigenvalue weighted by molar-refractivity contribution is 0.207. The highest BCUT2D eigenvalue weighted by molar-refractivity contribution is 7.87. The van der Waals surface area contributed by atoms with Crippen LogP contribution in [0.15, 0.2) is 0 Å². The molecule has 20 heavy (non-hydrogen) atoms. The second-order valence-corrected chi connectivity index (χ2v) is 8.88. The first-order valence-corrected chi connectivity index (χ1v) is 9.24. The van der Waals surface area contributed by atoms with Crippen molar-refractivity contribution in [1.29, 1.82) is 0 Å². The number of nitrogens with two attached hydrogens (primary N) is 1. The fourth-order valence-corrected chi connectivity index (χ4v) is 5.07. The average molecular weight is 303 g/mol. The van der Waals surface area contributed by atoms with Crippen LogP contribution in [0, 0.1) is 11.3 Å². The zero-order valence-corrected chi connectivity index (χ0v) is 13.6. The molecule has 0 amide bonds. The molecule has 2 rings (SSSR count). The van der Waals surface area contributed by atoms with Crippen molar-refractivity contribution in [1.82, 2.24) is 9.03 Å². The topological polar surface area (TPSA) is 75.4 Å². The predicted molar refractivity (Wildman–Crippen MR) is 81.4 cm³/mol. The number of hydrogen-bond donors (Lipinski definition) is 2. The van der Waals surface area contributed by atoms with E-state index in [0.717, 1.165) is 32.1 Å². The lowest BCUT2D eigenvalue weighted by atomic mass is 9.75. The molecule has 0 bridgehead atoms. The summed E-state index contributed by atoms with van der Waals surface area (Å²) >= 11 is 0. The largest absolute Gasteiger partial charge is 0.330 e. The molecule has 0 aromatic heterocycles. The Kier molecular flexibility index (Phi) is 5.10. The average Bonchev–Trinajstić information content (AvgIpc) is 2.37. The zero-order valence-electron chi connectivity index (χ0n) is 12.8. The molecule has 5 nitrogen and oxygen atoms in total. The van der Waals surface area contributed by atoms with Gasteiger partial charge in [-0.05, 0) is 50.0 Å². The first kappa shape index (κ1) is 16.2. The fourth-order valence-electron chi connectivity index (χ4n) is 3.52. The van der Waals surface area contributed by atoms with Crippen molar-refractivity contribution >= 4 is 10.2 Å². The molecule has 1 saturated carbocycles. The second-order valence-electron chi connectivity index (χ2n) is 7.18. The van der Waals surface area contributed by atoms with Crippen LogP contribution in [-0.2, 0) is 10.2 Å². The monoisotopic (exact) mass is 303 g/mol. The Hall–Kier alpha value is -0.170. The van der Waals surface area contributed by atoms with E-state index in [0.29, 0.717) is 25.6 Å². The molecule has 1 aliphatic carbocycles. The van der Waals surface area contributed by atoms with Crippen LogP contribution in [0.2, 0.25) is 0 Å². The van der Waals surface area contributed by atoms with Gasteiger partial charge in [0.25, 0.3) is 10.2 Å². The summed E-state index contributed by atoms with van der Waals surface area (Å²) < 4.78 is 29.5. The van der Waals surface area contributed by atoms with Gasteiger partial charge >= 0.3 is 0 Å². The van der Waals surface area contributed by atoms with E-state index in [1.807, 2.05) is 0 Å². The van der Waals surface area contributed by atoms with Crippen molar-refractivity contribution in [2.45, 2.75) is 58.4 Å². The Morgan fingerprint density at radius 3 is 2.70 bits per heavy atom. The van der Waals surface area contributed by atoms with Crippen LogP contribution in [0.1, 0.15) is 52.4 Å². The second kappa shape index (κ2) is 6.30. The minimum atomic E-state index is -3.35. The Balaban J connectivity index is 1.96. The van der Waals surface area contributed by atoms with Gasteiger partial charge in [-0.3, -0.25) is 0 Å². The van der Waals surface area contributed by atoms with Gasteiger partial charge in [0.2, 0.25) is 0 Å². The molecular weight excluding hydrogens is 274 g/mol. The van der Waals surface area contributed by atoms with Crippen LogP contribution in [0.5, 0.6) is 0 Å². The quantitative estimate of drug-likeness (QED) is 0.825. The van der Waals surface area contributed by atoms with Crippen molar-refractivity contribution in [3.63, 3.8) is 0 Å². The maximum atomic E-state index is 12.5. The molecule has 0 spiro atoms. The van der Waals surface area contributed by atoms with Gasteiger partial charge in [-0.1, -0.05) is 20.3 Å². The van der Waals surface area contributed by atoms with Crippen molar-refractivity contribution in [3.8, 4) is 0 Å². The van der Waals surface area contributed by atoms with Gasteiger partial charge in [0.05, 0.1) is 0 Å². The first-order chi connectivity index (χ1) is 9.32. The molecule has 2 unspecified atom stereocenters. The molecule has 1 aliphatic heterocycles. The number of hydrogen-bond acceptors (Lipinski definition) is 3. The summed E-state index contributed by atoms with van der Waals surface area (Å²) in [5, 5.41) is 0. The van der Waals surface area contributed by atoms with Crippen molar-refractivity contribution in [2.75, 3.05) is 19.6 Å². The molecule has 1 saturated heterocycles. The standard InChI is InChI=1S/C14H29N3O2S/c1-14(2)7-3-6-13(9-14)16-20(18,19)17-8-4-5-12(10-15)11-17/h12-13,16H,3-11,15H2,1-2H3. The van der Waals surface area contributed by atoms with Gasteiger partial charge in [0, 0.05) is 19.1 Å². The van der Waals surface area contributed by atoms with Crippen molar-refractivity contribution in [2.24, 2.45) is 17.1 Å². The summed E-state index contributed by atoms with van der Waals surface area (Å²) in [7, 11) is -3.35. The summed E-state index contributed by atoms with van der Waals surface area (Å²) in [4.78, 5) is 0. The number of piperidine rings is 1. The highest BCUT2D eigenvalue weighted by Crippen LogP contribution is 2.35. The van der Waals surface area contributed by atoms with E-state index in [2.05, 4.69) is 18.6 Å². The Bertz CT molecular complexity index is 422. The highest BCUT2D eigenvalue weighted by atomic mass is 32.2. The molecule has 6 heteroatoms. The van der Waals surface area contributed by atoms with E-state index in [-0.39, 0.29) is 11.5 Å². The molecule has 118 valence electrons. The van der Waals surface area contributed by atoms with Gasteiger partial charge in [-0.2, -0.15) is 17.4 Å².